The molecule has 30 heavy (non-hydrogen) atoms. The van der Waals surface area contributed by atoms with Crippen molar-refractivity contribution in [3.05, 3.63) is 35.4 Å². The predicted molar refractivity (Wildman–Crippen MR) is 110 cm³/mol. The fraction of sp³-hybridized carbons (Fsp3) is 0.500. The van der Waals surface area contributed by atoms with Crippen LogP contribution >= 0.6 is 0 Å². The van der Waals surface area contributed by atoms with Gasteiger partial charge in [-0.1, -0.05) is 26.0 Å². The lowest BCUT2D eigenvalue weighted by Crippen LogP contribution is -2.50. The number of imide groups is 1. The average molecular weight is 410 g/mol. The number of hydrogen-bond acceptors (Lipinski definition) is 6. The number of hydrazone groups is 1. The Balaban J connectivity index is 1.51. The first-order valence-electron chi connectivity index (χ1n) is 10.5. The number of rotatable bonds is 5. The monoisotopic (exact) mass is 410 g/mol. The number of Topliss-reactive ketones (excluding diaryl/α,β-unsaturated/α-hetero) is 1. The summed E-state index contributed by atoms with van der Waals surface area (Å²) in [6.45, 7) is 5.05. The summed E-state index contributed by atoms with van der Waals surface area (Å²) in [5.41, 5.74) is 3.63. The number of amides is 3. The van der Waals surface area contributed by atoms with Gasteiger partial charge in [0.15, 0.2) is 0 Å². The average Bonchev–Trinajstić information content (AvgIpc) is 3.34. The van der Waals surface area contributed by atoms with Gasteiger partial charge >= 0.3 is 0 Å². The minimum Gasteiger partial charge on any atom is -0.341 e. The van der Waals surface area contributed by atoms with E-state index in [-0.39, 0.29) is 29.7 Å². The minimum absolute atomic E-state index is 0.0527. The molecule has 0 spiro atoms. The molecule has 1 fully saturated rings. The third-order valence-electron chi connectivity index (χ3n) is 6.01. The number of ketones is 1. The lowest BCUT2D eigenvalue weighted by atomic mass is 9.93. The maximum absolute atomic E-state index is 13.3. The van der Waals surface area contributed by atoms with Crippen LogP contribution in [-0.4, -0.2) is 64.2 Å². The molecule has 8 heteroatoms. The Kier molecular flexibility index (Phi) is 5.40. The van der Waals surface area contributed by atoms with E-state index in [1.54, 1.807) is 38.1 Å². The number of likely N-dealkylation sites (tertiary alicyclic amines) is 1. The summed E-state index contributed by atoms with van der Waals surface area (Å²) < 4.78 is 0. The maximum atomic E-state index is 13.3. The van der Waals surface area contributed by atoms with Crippen molar-refractivity contribution in [3.8, 4) is 0 Å². The Labute approximate surface area is 175 Å². The van der Waals surface area contributed by atoms with Crippen LogP contribution in [0.1, 0.15) is 60.2 Å². The third-order valence-corrected chi connectivity index (χ3v) is 6.01. The molecule has 1 saturated heterocycles. The second-order valence-electron chi connectivity index (χ2n) is 8.41. The second-order valence-corrected chi connectivity index (χ2v) is 8.41. The van der Waals surface area contributed by atoms with Crippen LogP contribution < -0.4 is 5.43 Å². The van der Waals surface area contributed by atoms with Crippen LogP contribution in [-0.2, 0) is 9.59 Å². The highest BCUT2D eigenvalue weighted by Crippen LogP contribution is 2.28. The summed E-state index contributed by atoms with van der Waals surface area (Å²) >= 11 is 0. The molecule has 0 bridgehead atoms. The molecule has 0 aromatic heterocycles. The number of fused-ring (bicyclic) bond motifs is 1. The predicted octanol–water partition coefficient (Wildman–Crippen LogP) is 1.61. The molecule has 0 aliphatic carbocycles. The Morgan fingerprint density at radius 3 is 2.20 bits per heavy atom. The lowest BCUT2D eigenvalue weighted by Gasteiger charge is -2.29. The van der Waals surface area contributed by atoms with Gasteiger partial charge in [-0.3, -0.25) is 29.5 Å². The molecule has 1 N–H and O–H groups in total. The fourth-order valence-corrected chi connectivity index (χ4v) is 4.42. The van der Waals surface area contributed by atoms with Gasteiger partial charge in [0, 0.05) is 19.5 Å². The molecule has 3 amide bonds. The Morgan fingerprint density at radius 2 is 1.63 bits per heavy atom. The van der Waals surface area contributed by atoms with Crippen LogP contribution in [0.25, 0.3) is 0 Å². The zero-order valence-corrected chi connectivity index (χ0v) is 17.3. The molecule has 1 aromatic carbocycles. The highest BCUT2D eigenvalue weighted by Gasteiger charge is 2.46. The van der Waals surface area contributed by atoms with Crippen molar-refractivity contribution in [1.29, 1.82) is 0 Å². The standard InChI is InChI=1S/C22H26N4O4/c1-13(2)18(26-20(28)14-8-4-5-9-15(14)21(26)29)19(27)16-12-17(24-23-16)22(30)25-10-6-3-7-11-25/h4-5,8-9,13,17-18,24H,3,6-7,10-12H2,1-2H3. The van der Waals surface area contributed by atoms with Gasteiger partial charge in [0.1, 0.15) is 17.8 Å². The highest BCUT2D eigenvalue weighted by molar-refractivity contribution is 6.43. The Morgan fingerprint density at radius 1 is 1.03 bits per heavy atom. The van der Waals surface area contributed by atoms with E-state index >= 15 is 0 Å². The summed E-state index contributed by atoms with van der Waals surface area (Å²) in [6.07, 6.45) is 3.26. The van der Waals surface area contributed by atoms with Crippen LogP contribution in [0.4, 0.5) is 0 Å². The van der Waals surface area contributed by atoms with Crippen molar-refractivity contribution in [3.63, 3.8) is 0 Å². The fourth-order valence-electron chi connectivity index (χ4n) is 4.42. The molecular weight excluding hydrogens is 384 g/mol. The molecule has 4 rings (SSSR count). The number of piperidine rings is 1. The van der Waals surface area contributed by atoms with Crippen molar-refractivity contribution in [1.82, 2.24) is 15.2 Å². The van der Waals surface area contributed by atoms with Gasteiger partial charge in [-0.25, -0.2) is 0 Å². The SMILES string of the molecule is CC(C)C(C(=O)C1=NNC(C(=O)N2CCCCC2)C1)N1C(=O)c2ccccc2C1=O. The van der Waals surface area contributed by atoms with Crippen molar-refractivity contribution in [2.75, 3.05) is 13.1 Å². The Hall–Kier alpha value is -3.03. The lowest BCUT2D eigenvalue weighted by molar-refractivity contribution is -0.133. The summed E-state index contributed by atoms with van der Waals surface area (Å²) in [6, 6.07) is 5.06. The molecule has 1 aromatic rings. The molecule has 3 heterocycles. The molecule has 0 saturated carbocycles. The van der Waals surface area contributed by atoms with E-state index < -0.39 is 23.9 Å². The van der Waals surface area contributed by atoms with Gasteiger partial charge in [-0.15, -0.1) is 0 Å². The molecule has 0 radical (unpaired) electrons. The Bertz CT molecular complexity index is 898. The third kappa shape index (κ3) is 3.40. The van der Waals surface area contributed by atoms with Crippen molar-refractivity contribution in [2.45, 2.75) is 51.6 Å². The van der Waals surface area contributed by atoms with E-state index in [1.165, 1.54) is 0 Å². The van der Waals surface area contributed by atoms with Crippen LogP contribution in [0.3, 0.4) is 0 Å². The zero-order valence-electron chi connectivity index (χ0n) is 17.3. The number of carbonyl (C=O) groups is 4. The van der Waals surface area contributed by atoms with Crippen LogP contribution in [0.15, 0.2) is 29.4 Å². The van der Waals surface area contributed by atoms with E-state index in [2.05, 4.69) is 10.5 Å². The van der Waals surface area contributed by atoms with Gasteiger partial charge in [-0.2, -0.15) is 5.10 Å². The van der Waals surface area contributed by atoms with E-state index in [1.807, 2.05) is 4.90 Å². The van der Waals surface area contributed by atoms with Gasteiger partial charge in [-0.05, 0) is 37.3 Å². The van der Waals surface area contributed by atoms with Gasteiger partial charge < -0.3 is 4.90 Å². The summed E-state index contributed by atoms with van der Waals surface area (Å²) in [5.74, 6) is -1.66. The van der Waals surface area contributed by atoms with E-state index in [9.17, 15) is 19.2 Å². The van der Waals surface area contributed by atoms with Gasteiger partial charge in [0.25, 0.3) is 11.8 Å². The normalized spacial score (nSPS) is 22.1. The number of nitrogens with one attached hydrogen (secondary N) is 1. The molecule has 8 nitrogen and oxygen atoms in total. The van der Waals surface area contributed by atoms with Crippen molar-refractivity contribution in [2.24, 2.45) is 11.0 Å². The van der Waals surface area contributed by atoms with Crippen LogP contribution in [0.2, 0.25) is 0 Å². The zero-order chi connectivity index (χ0) is 21.4. The second kappa shape index (κ2) is 8.01. The van der Waals surface area contributed by atoms with E-state index in [0.29, 0.717) is 11.1 Å². The van der Waals surface area contributed by atoms with Gasteiger partial charge in [0.05, 0.1) is 11.1 Å². The first-order valence-corrected chi connectivity index (χ1v) is 10.5. The summed E-state index contributed by atoms with van der Waals surface area (Å²) in [5, 5.41) is 4.13. The van der Waals surface area contributed by atoms with Gasteiger partial charge in [0.2, 0.25) is 11.7 Å². The highest BCUT2D eigenvalue weighted by atomic mass is 16.2. The molecule has 2 unspecified atom stereocenters. The smallest absolute Gasteiger partial charge is 0.262 e. The van der Waals surface area contributed by atoms with Crippen molar-refractivity contribution >= 4 is 29.2 Å². The molecule has 3 aliphatic rings. The number of benzene rings is 1. The van der Waals surface area contributed by atoms with Crippen LogP contribution in [0, 0.1) is 5.92 Å². The first-order chi connectivity index (χ1) is 14.4. The number of carbonyl (C=O) groups excluding carboxylic acids is 4. The number of nitrogens with zero attached hydrogens (tertiary/aromatic N) is 3. The van der Waals surface area contributed by atoms with E-state index in [4.69, 9.17) is 0 Å². The number of hydrogen-bond donors (Lipinski definition) is 1. The topological polar surface area (TPSA) is 99.2 Å². The molecular formula is C22H26N4O4. The first kappa shape index (κ1) is 20.3. The van der Waals surface area contributed by atoms with Crippen LogP contribution in [0.5, 0.6) is 0 Å². The van der Waals surface area contributed by atoms with Crippen molar-refractivity contribution < 1.29 is 19.2 Å². The quantitative estimate of drug-likeness (QED) is 0.744. The maximum Gasteiger partial charge on any atom is 0.262 e. The summed E-state index contributed by atoms with van der Waals surface area (Å²) in [7, 11) is 0. The minimum atomic E-state index is -0.957. The van der Waals surface area contributed by atoms with E-state index in [0.717, 1.165) is 37.3 Å². The largest absolute Gasteiger partial charge is 0.341 e. The molecule has 158 valence electrons. The molecule has 2 atom stereocenters. The molecule has 3 aliphatic heterocycles. The summed E-state index contributed by atoms with van der Waals surface area (Å²) in [4.78, 5) is 54.7.